The van der Waals surface area contributed by atoms with E-state index in [4.69, 9.17) is 0 Å². The Bertz CT molecular complexity index is 882. The second-order valence-corrected chi connectivity index (χ2v) is 9.30. The average molecular weight is 436 g/mol. The maximum atomic E-state index is 12.9. The van der Waals surface area contributed by atoms with Crippen LogP contribution < -0.4 is 10.2 Å². The molecule has 2 fully saturated rings. The quantitative estimate of drug-likeness (QED) is 0.653. The number of fused-ring (bicyclic) bond motifs is 1. The molecule has 2 N–H and O–H groups in total. The van der Waals surface area contributed by atoms with E-state index in [9.17, 15) is 9.90 Å². The van der Waals surface area contributed by atoms with Gasteiger partial charge in [0.05, 0.1) is 12.1 Å². The van der Waals surface area contributed by atoms with Crippen molar-refractivity contribution < 1.29 is 9.90 Å². The lowest BCUT2D eigenvalue weighted by Gasteiger charge is -2.52. The van der Waals surface area contributed by atoms with Crippen LogP contribution in [0.15, 0.2) is 54.6 Å². The van der Waals surface area contributed by atoms with E-state index >= 15 is 0 Å². The first-order valence-electron chi connectivity index (χ1n) is 12.2. The largest absolute Gasteiger partial charge is 0.389 e. The molecule has 4 rings (SSSR count). The molecule has 1 saturated heterocycles. The zero-order valence-corrected chi connectivity index (χ0v) is 19.5. The van der Waals surface area contributed by atoms with Crippen molar-refractivity contribution in [2.24, 2.45) is 5.92 Å². The van der Waals surface area contributed by atoms with Gasteiger partial charge in [-0.05, 0) is 62.9 Å². The summed E-state index contributed by atoms with van der Waals surface area (Å²) in [5, 5.41) is 14.5. The lowest BCUT2D eigenvalue weighted by molar-refractivity contribution is -0.135. The summed E-state index contributed by atoms with van der Waals surface area (Å²) in [7, 11) is 0. The van der Waals surface area contributed by atoms with Crippen LogP contribution in [0.4, 0.5) is 11.4 Å². The molecule has 3 atom stereocenters. The molecule has 1 saturated carbocycles. The smallest absolute Gasteiger partial charge is 0.238 e. The highest BCUT2D eigenvalue weighted by atomic mass is 16.3. The molecular weight excluding hydrogens is 398 g/mol. The molecule has 172 valence electrons. The van der Waals surface area contributed by atoms with Crippen LogP contribution in [0.3, 0.4) is 0 Å². The van der Waals surface area contributed by atoms with E-state index in [0.29, 0.717) is 6.54 Å². The molecule has 1 amide bonds. The minimum absolute atomic E-state index is 0.00205. The fraction of sp³-hybridized carbons (Fsp3) is 0.519. The van der Waals surface area contributed by atoms with Crippen molar-refractivity contribution in [1.29, 1.82) is 0 Å². The number of benzene rings is 2. The number of carbonyl (C=O) groups excluding carboxylic acids is 1. The van der Waals surface area contributed by atoms with E-state index in [1.54, 1.807) is 0 Å². The highest BCUT2D eigenvalue weighted by molar-refractivity contribution is 5.92. The van der Waals surface area contributed by atoms with E-state index in [1.807, 2.05) is 30.3 Å². The van der Waals surface area contributed by atoms with E-state index in [-0.39, 0.29) is 17.9 Å². The molecule has 1 heterocycles. The van der Waals surface area contributed by atoms with Crippen LogP contribution in [-0.4, -0.2) is 47.7 Å². The van der Waals surface area contributed by atoms with Crippen molar-refractivity contribution in [2.75, 3.05) is 36.4 Å². The molecule has 32 heavy (non-hydrogen) atoms. The van der Waals surface area contributed by atoms with Gasteiger partial charge in [-0.3, -0.25) is 9.69 Å². The lowest BCUT2D eigenvalue weighted by Crippen LogP contribution is -2.56. The van der Waals surface area contributed by atoms with Gasteiger partial charge in [0.15, 0.2) is 0 Å². The van der Waals surface area contributed by atoms with Crippen molar-refractivity contribution in [2.45, 2.75) is 57.6 Å². The van der Waals surface area contributed by atoms with Crippen LogP contribution in [-0.2, 0) is 4.79 Å². The molecule has 5 heteroatoms. The summed E-state index contributed by atoms with van der Waals surface area (Å²) in [4.78, 5) is 17.5. The molecular formula is C27H37N3O2. The van der Waals surface area contributed by atoms with Gasteiger partial charge >= 0.3 is 0 Å². The van der Waals surface area contributed by atoms with Crippen molar-refractivity contribution in [3.05, 3.63) is 60.2 Å². The highest BCUT2D eigenvalue weighted by Crippen LogP contribution is 2.49. The fourth-order valence-corrected chi connectivity index (χ4v) is 5.74. The third-order valence-electron chi connectivity index (χ3n) is 7.44. The topological polar surface area (TPSA) is 55.8 Å². The number of rotatable bonds is 7. The second-order valence-electron chi connectivity index (χ2n) is 9.30. The van der Waals surface area contributed by atoms with Gasteiger partial charge in [0.1, 0.15) is 0 Å². The van der Waals surface area contributed by atoms with Gasteiger partial charge in [-0.2, -0.15) is 0 Å². The van der Waals surface area contributed by atoms with Crippen LogP contribution in [0.1, 0.15) is 57.6 Å². The summed E-state index contributed by atoms with van der Waals surface area (Å²) in [5.41, 5.74) is 2.64. The van der Waals surface area contributed by atoms with Gasteiger partial charge < -0.3 is 15.3 Å². The number of carbonyl (C=O) groups is 1. The summed E-state index contributed by atoms with van der Waals surface area (Å²) in [6.07, 6.45) is 4.86. The average Bonchev–Trinajstić information content (AvgIpc) is 2.81. The molecule has 0 spiro atoms. The number of anilines is 2. The predicted octanol–water partition coefficient (Wildman–Crippen LogP) is 4.84. The number of amides is 1. The molecule has 5 nitrogen and oxygen atoms in total. The first-order valence-corrected chi connectivity index (χ1v) is 12.2. The minimum Gasteiger partial charge on any atom is -0.389 e. The van der Waals surface area contributed by atoms with Crippen LogP contribution in [0.5, 0.6) is 0 Å². The van der Waals surface area contributed by atoms with Gasteiger partial charge in [-0.1, -0.05) is 43.2 Å². The van der Waals surface area contributed by atoms with Crippen LogP contribution >= 0.6 is 0 Å². The summed E-state index contributed by atoms with van der Waals surface area (Å²) in [6.45, 7) is 7.38. The maximum absolute atomic E-state index is 12.9. The molecule has 0 radical (unpaired) electrons. The van der Waals surface area contributed by atoms with Crippen molar-refractivity contribution in [3.63, 3.8) is 0 Å². The highest BCUT2D eigenvalue weighted by Gasteiger charge is 2.49. The maximum Gasteiger partial charge on any atom is 0.238 e. The molecule has 2 aliphatic rings. The Morgan fingerprint density at radius 3 is 2.47 bits per heavy atom. The molecule has 2 aromatic rings. The van der Waals surface area contributed by atoms with Gasteiger partial charge in [0.2, 0.25) is 5.91 Å². The zero-order chi connectivity index (χ0) is 22.6. The van der Waals surface area contributed by atoms with E-state index < -0.39 is 5.60 Å². The molecule has 0 aromatic heterocycles. The minimum atomic E-state index is -0.618. The standard InChI is InChI=1S/C27H37N3O2/c1-3-29(4-2)23-15-13-21(14-16-23)26-24-12-8-9-17-27(24,32)18-19-30(26)20-25(31)28-22-10-6-5-7-11-22/h5-7,10-11,13-16,24,26,32H,3-4,8-9,12,17-20H2,1-2H3,(H,28,31)/t24-,26+,27-/m1/s1. The van der Waals surface area contributed by atoms with Crippen molar-refractivity contribution in [1.82, 2.24) is 4.90 Å². The first kappa shape index (κ1) is 22.8. The Labute approximate surface area is 192 Å². The van der Waals surface area contributed by atoms with E-state index in [1.165, 1.54) is 11.3 Å². The summed E-state index contributed by atoms with van der Waals surface area (Å²) >= 11 is 0. The SMILES string of the molecule is CCN(CC)c1ccc([C@H]2[C@H]3CCCC[C@@]3(O)CCN2CC(=O)Nc2ccccc2)cc1. The van der Waals surface area contributed by atoms with Gasteiger partial charge in [0.25, 0.3) is 0 Å². The third-order valence-corrected chi connectivity index (χ3v) is 7.44. The lowest BCUT2D eigenvalue weighted by atomic mass is 9.66. The third kappa shape index (κ3) is 4.84. The monoisotopic (exact) mass is 435 g/mol. The number of para-hydroxylation sites is 1. The summed E-state index contributed by atoms with van der Waals surface area (Å²) in [5.74, 6) is 0.163. The number of hydrogen-bond donors (Lipinski definition) is 2. The number of nitrogens with zero attached hydrogens (tertiary/aromatic N) is 2. The zero-order valence-electron chi connectivity index (χ0n) is 19.5. The Balaban J connectivity index is 1.58. The van der Waals surface area contributed by atoms with Crippen molar-refractivity contribution in [3.8, 4) is 0 Å². The second kappa shape index (κ2) is 10.1. The molecule has 0 unspecified atom stereocenters. The number of likely N-dealkylation sites (tertiary alicyclic amines) is 1. The Kier molecular flexibility index (Phi) is 7.17. The fourth-order valence-electron chi connectivity index (χ4n) is 5.74. The van der Waals surface area contributed by atoms with Gasteiger partial charge in [-0.25, -0.2) is 0 Å². The summed E-state index contributed by atoms with van der Waals surface area (Å²) in [6, 6.07) is 18.5. The first-order chi connectivity index (χ1) is 15.5. The Morgan fingerprint density at radius 2 is 1.78 bits per heavy atom. The number of aliphatic hydroxyl groups is 1. The summed E-state index contributed by atoms with van der Waals surface area (Å²) < 4.78 is 0. The van der Waals surface area contributed by atoms with Crippen LogP contribution in [0, 0.1) is 5.92 Å². The number of hydrogen-bond acceptors (Lipinski definition) is 4. The van der Waals surface area contributed by atoms with Gasteiger partial charge in [-0.15, -0.1) is 0 Å². The number of nitrogens with one attached hydrogen (secondary N) is 1. The normalized spacial score (nSPS) is 25.7. The molecule has 1 aliphatic heterocycles. The number of piperidine rings is 1. The molecule has 1 aliphatic carbocycles. The van der Waals surface area contributed by atoms with Crippen LogP contribution in [0.2, 0.25) is 0 Å². The Morgan fingerprint density at radius 1 is 1.06 bits per heavy atom. The van der Waals surface area contributed by atoms with E-state index in [0.717, 1.165) is 57.4 Å². The van der Waals surface area contributed by atoms with E-state index in [2.05, 4.69) is 53.2 Å². The molecule has 2 aromatic carbocycles. The molecule has 0 bridgehead atoms. The predicted molar refractivity (Wildman–Crippen MR) is 131 cm³/mol. The Hall–Kier alpha value is -2.37. The van der Waals surface area contributed by atoms with Crippen molar-refractivity contribution >= 4 is 17.3 Å². The van der Waals surface area contributed by atoms with Crippen LogP contribution in [0.25, 0.3) is 0 Å². The van der Waals surface area contributed by atoms with Gasteiger partial charge in [0, 0.05) is 43.0 Å².